The van der Waals surface area contributed by atoms with Gasteiger partial charge in [-0.3, -0.25) is 4.79 Å². The van der Waals surface area contributed by atoms with Gasteiger partial charge in [0.05, 0.1) is 6.10 Å². The average molecular weight is 270 g/mol. The van der Waals surface area contributed by atoms with E-state index >= 15 is 0 Å². The van der Waals surface area contributed by atoms with Crippen LogP contribution in [0.4, 0.5) is 0 Å². The lowest BCUT2D eigenvalue weighted by Crippen LogP contribution is -2.40. The summed E-state index contributed by atoms with van der Waals surface area (Å²) in [6.45, 7) is 1.43. The summed E-state index contributed by atoms with van der Waals surface area (Å²) >= 11 is 0. The Labute approximate surface area is 110 Å². The molecular formula is C12H18N2O5. The molecule has 0 aromatic carbocycles. The van der Waals surface area contributed by atoms with Crippen LogP contribution >= 0.6 is 0 Å². The summed E-state index contributed by atoms with van der Waals surface area (Å²) in [5, 5.41) is 0. The highest BCUT2D eigenvalue weighted by molar-refractivity contribution is 5.90. The summed E-state index contributed by atoms with van der Waals surface area (Å²) in [6.07, 6.45) is 1.02. The lowest BCUT2D eigenvalue weighted by Gasteiger charge is -2.20. The Morgan fingerprint density at radius 3 is 2.74 bits per heavy atom. The first-order valence-corrected chi connectivity index (χ1v) is 6.35. The number of hydrogen-bond donors (Lipinski definition) is 2. The zero-order valence-electron chi connectivity index (χ0n) is 10.7. The second kappa shape index (κ2) is 5.36. The summed E-state index contributed by atoms with van der Waals surface area (Å²) in [5.41, 5.74) is 11.0. The first-order valence-electron chi connectivity index (χ1n) is 6.35. The second-order valence-electron chi connectivity index (χ2n) is 5.16. The van der Waals surface area contributed by atoms with Crippen molar-refractivity contribution in [1.29, 1.82) is 0 Å². The molecule has 7 heteroatoms. The molecule has 0 aromatic heterocycles. The Morgan fingerprint density at radius 2 is 2.11 bits per heavy atom. The van der Waals surface area contributed by atoms with Crippen LogP contribution in [-0.2, 0) is 23.9 Å². The topological polar surface area (TPSA) is 125 Å². The normalized spacial score (nSPS) is 32.2. The van der Waals surface area contributed by atoms with E-state index in [2.05, 4.69) is 4.74 Å². The third-order valence-electron chi connectivity index (χ3n) is 3.50. The summed E-state index contributed by atoms with van der Waals surface area (Å²) in [7, 11) is 0. The Bertz CT molecular complexity index is 409. The van der Waals surface area contributed by atoms with Crippen molar-refractivity contribution in [3.8, 4) is 0 Å². The highest BCUT2D eigenvalue weighted by atomic mass is 16.6. The SMILES string of the molecule is C[C@H](N)C(=O)OC(=O)[C@@H](N)CC1CCC(=O)[C@@H]2O[C@H]12. The van der Waals surface area contributed by atoms with Gasteiger partial charge in [0.1, 0.15) is 18.2 Å². The van der Waals surface area contributed by atoms with E-state index in [0.29, 0.717) is 19.3 Å². The lowest BCUT2D eigenvalue weighted by atomic mass is 9.84. The molecule has 5 atom stereocenters. The Balaban J connectivity index is 1.81. The number of esters is 2. The predicted octanol–water partition coefficient (Wildman–Crippen LogP) is -1.13. The molecule has 1 aliphatic heterocycles. The van der Waals surface area contributed by atoms with Gasteiger partial charge in [-0.1, -0.05) is 0 Å². The lowest BCUT2D eigenvalue weighted by molar-refractivity contribution is -0.161. The number of rotatable bonds is 4. The number of carbonyl (C=O) groups is 3. The number of fused-ring (bicyclic) bond motifs is 1. The number of nitrogens with two attached hydrogens (primary N) is 2. The molecule has 0 spiro atoms. The number of Topliss-reactive ketones (excluding diaryl/α,β-unsaturated/α-hetero) is 1. The zero-order valence-corrected chi connectivity index (χ0v) is 10.7. The van der Waals surface area contributed by atoms with E-state index in [1.165, 1.54) is 6.92 Å². The van der Waals surface area contributed by atoms with Crippen molar-refractivity contribution in [2.75, 3.05) is 0 Å². The van der Waals surface area contributed by atoms with Crippen LogP contribution in [0.2, 0.25) is 0 Å². The van der Waals surface area contributed by atoms with Crippen molar-refractivity contribution in [3.63, 3.8) is 0 Å². The molecule has 1 aliphatic carbocycles. The minimum Gasteiger partial charge on any atom is -0.391 e. The van der Waals surface area contributed by atoms with Gasteiger partial charge in [0.2, 0.25) is 0 Å². The Morgan fingerprint density at radius 1 is 1.42 bits per heavy atom. The third-order valence-corrected chi connectivity index (χ3v) is 3.50. The van der Waals surface area contributed by atoms with E-state index in [0.717, 1.165) is 0 Å². The molecule has 106 valence electrons. The molecule has 0 amide bonds. The maximum absolute atomic E-state index is 11.6. The molecule has 1 saturated heterocycles. The van der Waals surface area contributed by atoms with Crippen LogP contribution in [0.25, 0.3) is 0 Å². The van der Waals surface area contributed by atoms with Gasteiger partial charge in [0.15, 0.2) is 5.78 Å². The third kappa shape index (κ3) is 3.17. The van der Waals surface area contributed by atoms with E-state index in [9.17, 15) is 14.4 Å². The van der Waals surface area contributed by atoms with Crippen molar-refractivity contribution in [1.82, 2.24) is 0 Å². The molecule has 0 aromatic rings. The molecule has 1 saturated carbocycles. The van der Waals surface area contributed by atoms with Gasteiger partial charge in [-0.05, 0) is 25.7 Å². The Kier molecular flexibility index (Phi) is 3.98. The quantitative estimate of drug-likeness (QED) is 0.376. The van der Waals surface area contributed by atoms with Gasteiger partial charge in [0, 0.05) is 6.42 Å². The van der Waals surface area contributed by atoms with Crippen LogP contribution in [0.5, 0.6) is 0 Å². The first-order chi connectivity index (χ1) is 8.90. The molecule has 7 nitrogen and oxygen atoms in total. The van der Waals surface area contributed by atoms with Crippen LogP contribution < -0.4 is 11.5 Å². The molecule has 1 heterocycles. The van der Waals surface area contributed by atoms with Gasteiger partial charge in [-0.15, -0.1) is 0 Å². The highest BCUT2D eigenvalue weighted by Gasteiger charge is 2.52. The number of carbonyl (C=O) groups excluding carboxylic acids is 3. The fourth-order valence-corrected chi connectivity index (χ4v) is 2.32. The summed E-state index contributed by atoms with van der Waals surface area (Å²) in [5.74, 6) is -1.39. The molecule has 0 radical (unpaired) electrons. The molecule has 1 unspecified atom stereocenters. The van der Waals surface area contributed by atoms with Gasteiger partial charge in [0.25, 0.3) is 0 Å². The Hall–Kier alpha value is -1.31. The summed E-state index contributed by atoms with van der Waals surface area (Å²) in [6, 6.07) is -1.76. The monoisotopic (exact) mass is 270 g/mol. The van der Waals surface area contributed by atoms with Crippen LogP contribution in [0.15, 0.2) is 0 Å². The molecule has 19 heavy (non-hydrogen) atoms. The number of epoxide rings is 1. The minimum atomic E-state index is -0.897. The maximum Gasteiger partial charge on any atom is 0.330 e. The molecule has 2 rings (SSSR count). The molecule has 2 aliphatic rings. The van der Waals surface area contributed by atoms with Crippen molar-refractivity contribution in [2.45, 2.75) is 50.5 Å². The van der Waals surface area contributed by atoms with Crippen LogP contribution in [0, 0.1) is 5.92 Å². The van der Waals surface area contributed by atoms with Crippen LogP contribution in [0.1, 0.15) is 26.2 Å². The summed E-state index contributed by atoms with van der Waals surface area (Å²) < 4.78 is 9.81. The van der Waals surface area contributed by atoms with Crippen molar-refractivity contribution < 1.29 is 23.9 Å². The first kappa shape index (κ1) is 14.1. The van der Waals surface area contributed by atoms with E-state index < -0.39 is 24.0 Å². The fourth-order valence-electron chi connectivity index (χ4n) is 2.32. The second-order valence-corrected chi connectivity index (χ2v) is 5.16. The molecular weight excluding hydrogens is 252 g/mol. The van der Waals surface area contributed by atoms with E-state index in [1.807, 2.05) is 0 Å². The van der Waals surface area contributed by atoms with Crippen molar-refractivity contribution in [2.24, 2.45) is 17.4 Å². The van der Waals surface area contributed by atoms with Crippen molar-refractivity contribution in [3.05, 3.63) is 0 Å². The van der Waals surface area contributed by atoms with E-state index in [-0.39, 0.29) is 23.9 Å². The maximum atomic E-state index is 11.6. The predicted molar refractivity (Wildman–Crippen MR) is 63.7 cm³/mol. The van der Waals surface area contributed by atoms with Crippen molar-refractivity contribution >= 4 is 17.7 Å². The average Bonchev–Trinajstić information content (AvgIpc) is 3.13. The largest absolute Gasteiger partial charge is 0.391 e. The van der Waals surface area contributed by atoms with Crippen LogP contribution in [0.3, 0.4) is 0 Å². The summed E-state index contributed by atoms with van der Waals surface area (Å²) in [4.78, 5) is 34.1. The van der Waals surface area contributed by atoms with Gasteiger partial charge in [-0.25, -0.2) is 9.59 Å². The number of ketones is 1. The minimum absolute atomic E-state index is 0.0654. The van der Waals surface area contributed by atoms with Crippen LogP contribution in [-0.4, -0.2) is 42.0 Å². The van der Waals surface area contributed by atoms with Gasteiger partial charge < -0.3 is 20.9 Å². The van der Waals surface area contributed by atoms with Gasteiger partial charge in [-0.2, -0.15) is 0 Å². The van der Waals surface area contributed by atoms with Gasteiger partial charge >= 0.3 is 11.9 Å². The standard InChI is InChI=1S/C12H18N2O5/c1-5(13)11(16)19-12(17)7(14)4-6-2-3-8(15)10-9(6)18-10/h5-7,9-10H,2-4,13-14H2,1H3/t5-,6?,7-,9+,10-/m0/s1. The zero-order chi connectivity index (χ0) is 14.2. The van der Waals surface area contributed by atoms with E-state index in [1.54, 1.807) is 0 Å². The number of hydrogen-bond acceptors (Lipinski definition) is 7. The molecule has 4 N–H and O–H groups in total. The molecule has 2 fully saturated rings. The molecule has 0 bridgehead atoms. The van der Waals surface area contributed by atoms with E-state index in [4.69, 9.17) is 16.2 Å². The smallest absolute Gasteiger partial charge is 0.330 e. The number of ether oxygens (including phenoxy) is 2. The highest BCUT2D eigenvalue weighted by Crippen LogP contribution is 2.40. The fraction of sp³-hybridized carbons (Fsp3) is 0.750.